The number of alkyl halides is 9. The van der Waals surface area contributed by atoms with Gasteiger partial charge in [-0.15, -0.1) is 0 Å². The number of primary amides is 1. The highest BCUT2D eigenvalue weighted by Crippen LogP contribution is 2.45. The Labute approximate surface area is 233 Å². The molecule has 3 amide bonds. The monoisotopic (exact) mass is 615 g/mol. The van der Waals surface area contributed by atoms with Gasteiger partial charge in [-0.2, -0.15) is 39.5 Å². The van der Waals surface area contributed by atoms with Gasteiger partial charge in [0.15, 0.2) is 0 Å². The van der Waals surface area contributed by atoms with Crippen LogP contribution < -0.4 is 10.6 Å². The van der Waals surface area contributed by atoms with Gasteiger partial charge in [0.2, 0.25) is 0 Å². The molecular formula is C26H26F9N3O4. The maximum absolute atomic E-state index is 13.7. The van der Waals surface area contributed by atoms with Crippen LogP contribution in [0.3, 0.4) is 0 Å². The number of hydrogen-bond acceptors (Lipinski definition) is 4. The summed E-state index contributed by atoms with van der Waals surface area (Å²) in [5.74, 6) is 0. The highest BCUT2D eigenvalue weighted by Gasteiger charge is 2.43. The summed E-state index contributed by atoms with van der Waals surface area (Å²) in [4.78, 5) is 27.3. The van der Waals surface area contributed by atoms with Crippen molar-refractivity contribution in [3.63, 3.8) is 0 Å². The fourth-order valence-electron chi connectivity index (χ4n) is 4.69. The normalized spacial score (nSPS) is 17.7. The number of anilines is 1. The fraction of sp³-hybridized carbons (Fsp3) is 0.462. The largest absolute Gasteiger partial charge is 0.446 e. The van der Waals surface area contributed by atoms with Crippen LogP contribution in [0.4, 0.5) is 54.8 Å². The van der Waals surface area contributed by atoms with Crippen molar-refractivity contribution in [2.24, 2.45) is 5.73 Å². The van der Waals surface area contributed by atoms with Crippen LogP contribution in [0.2, 0.25) is 0 Å². The van der Waals surface area contributed by atoms with Crippen LogP contribution in [-0.4, -0.2) is 42.9 Å². The second-order valence-corrected chi connectivity index (χ2v) is 9.81. The summed E-state index contributed by atoms with van der Waals surface area (Å²) in [6.07, 6.45) is -17.2. The van der Waals surface area contributed by atoms with E-state index >= 15 is 0 Å². The second-order valence-electron chi connectivity index (χ2n) is 9.81. The van der Waals surface area contributed by atoms with Gasteiger partial charge in [0, 0.05) is 13.7 Å². The van der Waals surface area contributed by atoms with Crippen LogP contribution in [-0.2, 0) is 34.5 Å². The van der Waals surface area contributed by atoms with Gasteiger partial charge >= 0.3 is 30.7 Å². The number of benzene rings is 2. The molecule has 2 unspecified atom stereocenters. The Morgan fingerprint density at radius 2 is 1.48 bits per heavy atom. The summed E-state index contributed by atoms with van der Waals surface area (Å²) in [6, 6.07) is -0.796. The molecule has 1 heterocycles. The van der Waals surface area contributed by atoms with Gasteiger partial charge in [-0.1, -0.05) is 0 Å². The zero-order chi connectivity index (χ0) is 31.8. The second kappa shape index (κ2) is 11.9. The quantitative estimate of drug-likeness (QED) is 0.351. The van der Waals surface area contributed by atoms with E-state index in [1.807, 2.05) is 0 Å². The number of fused-ring (bicyclic) bond motifs is 1. The summed E-state index contributed by atoms with van der Waals surface area (Å²) >= 11 is 0. The first-order valence-corrected chi connectivity index (χ1v) is 12.3. The molecule has 0 saturated heterocycles. The molecule has 0 spiro atoms. The van der Waals surface area contributed by atoms with Gasteiger partial charge < -0.3 is 20.1 Å². The van der Waals surface area contributed by atoms with Crippen LogP contribution in [0, 0.1) is 0 Å². The van der Waals surface area contributed by atoms with E-state index in [1.165, 1.54) is 21.0 Å². The number of carbonyl (C=O) groups is 2. The minimum Gasteiger partial charge on any atom is -0.446 e. The van der Waals surface area contributed by atoms with Crippen LogP contribution in [0.5, 0.6) is 0 Å². The molecule has 0 aromatic heterocycles. The lowest BCUT2D eigenvalue weighted by Gasteiger charge is -2.43. The molecule has 0 saturated carbocycles. The maximum atomic E-state index is 13.7. The molecule has 3 rings (SSSR count). The first kappa shape index (κ1) is 32.8. The van der Waals surface area contributed by atoms with E-state index in [0.29, 0.717) is 29.2 Å². The van der Waals surface area contributed by atoms with Gasteiger partial charge in [0.05, 0.1) is 47.2 Å². The van der Waals surface area contributed by atoms with Crippen LogP contribution in [0.15, 0.2) is 36.4 Å². The first-order chi connectivity index (χ1) is 19.2. The molecule has 2 aromatic rings. The summed E-state index contributed by atoms with van der Waals surface area (Å²) < 4.78 is 132. The van der Waals surface area contributed by atoms with E-state index in [1.54, 1.807) is 0 Å². The van der Waals surface area contributed by atoms with Crippen molar-refractivity contribution in [2.75, 3.05) is 18.6 Å². The van der Waals surface area contributed by atoms with E-state index in [4.69, 9.17) is 15.2 Å². The molecule has 0 radical (unpaired) electrons. The average molecular weight is 615 g/mol. The van der Waals surface area contributed by atoms with E-state index in [0.717, 1.165) is 11.0 Å². The number of methoxy groups -OCH3 is 1. The van der Waals surface area contributed by atoms with Gasteiger partial charge in [0.1, 0.15) is 0 Å². The Morgan fingerprint density at radius 1 is 0.929 bits per heavy atom. The summed E-state index contributed by atoms with van der Waals surface area (Å²) in [5.41, 5.74) is -0.0305. The number of urea groups is 1. The molecule has 2 N–H and O–H groups in total. The Kier molecular flexibility index (Phi) is 9.29. The van der Waals surface area contributed by atoms with Crippen molar-refractivity contribution in [1.29, 1.82) is 0 Å². The Morgan fingerprint density at radius 3 is 1.93 bits per heavy atom. The van der Waals surface area contributed by atoms with E-state index < -0.39 is 77.6 Å². The minimum absolute atomic E-state index is 0.101. The third-order valence-corrected chi connectivity index (χ3v) is 6.39. The standard InChI is InChI=1S/C26H26F9N3O4/c1-13(2)42-23(40)38-18(12-41-3)10-21(19-9-15(24(27,28)29)4-5-20(19)38)37(22(36)39)11-14-6-16(25(30,31)32)8-17(7-14)26(33,34)35/h4-9,13,18,21H,10-12H2,1-3H3,(H2,36,39). The van der Waals surface area contributed by atoms with Crippen LogP contribution in [0.1, 0.15) is 54.1 Å². The number of amides is 3. The average Bonchev–Trinajstić information content (AvgIpc) is 2.84. The molecule has 2 atom stereocenters. The topological polar surface area (TPSA) is 85.1 Å². The molecule has 0 fully saturated rings. The number of nitrogens with two attached hydrogens (primary N) is 1. The third kappa shape index (κ3) is 7.38. The molecule has 232 valence electrons. The number of rotatable bonds is 6. The maximum Gasteiger partial charge on any atom is 0.416 e. The third-order valence-electron chi connectivity index (χ3n) is 6.39. The zero-order valence-corrected chi connectivity index (χ0v) is 22.3. The molecule has 1 aliphatic heterocycles. The predicted molar refractivity (Wildman–Crippen MR) is 130 cm³/mol. The zero-order valence-electron chi connectivity index (χ0n) is 22.3. The molecule has 2 aromatic carbocycles. The van der Waals surface area contributed by atoms with E-state index in [-0.39, 0.29) is 30.3 Å². The van der Waals surface area contributed by atoms with E-state index in [9.17, 15) is 49.1 Å². The number of halogens is 9. The number of ether oxygens (including phenoxy) is 2. The summed E-state index contributed by atoms with van der Waals surface area (Å²) in [5, 5.41) is 0. The summed E-state index contributed by atoms with van der Waals surface area (Å²) in [6.45, 7) is 1.91. The molecule has 16 heteroatoms. The smallest absolute Gasteiger partial charge is 0.416 e. The van der Waals surface area contributed by atoms with Crippen molar-refractivity contribution in [1.82, 2.24) is 4.90 Å². The van der Waals surface area contributed by atoms with Crippen molar-refractivity contribution in [3.8, 4) is 0 Å². The Balaban J connectivity index is 2.21. The van der Waals surface area contributed by atoms with Gasteiger partial charge in [-0.3, -0.25) is 4.90 Å². The molecule has 1 aliphatic rings. The fourth-order valence-corrected chi connectivity index (χ4v) is 4.69. The van der Waals surface area contributed by atoms with Gasteiger partial charge in [-0.25, -0.2) is 9.59 Å². The SMILES string of the molecule is COCC1CC(N(Cc2cc(C(F)(F)F)cc(C(F)(F)F)c2)C(N)=O)c2cc(C(F)(F)F)ccc2N1C(=O)OC(C)C. The minimum atomic E-state index is -5.19. The van der Waals surface area contributed by atoms with E-state index in [2.05, 4.69) is 0 Å². The highest BCUT2D eigenvalue weighted by molar-refractivity contribution is 5.91. The van der Waals surface area contributed by atoms with Gasteiger partial charge in [-0.05, 0) is 67.8 Å². The van der Waals surface area contributed by atoms with Crippen molar-refractivity contribution in [2.45, 2.75) is 63.5 Å². The predicted octanol–water partition coefficient (Wildman–Crippen LogP) is 7.14. The van der Waals surface area contributed by atoms with Crippen LogP contribution in [0.25, 0.3) is 0 Å². The van der Waals surface area contributed by atoms with Gasteiger partial charge in [0.25, 0.3) is 0 Å². The summed E-state index contributed by atoms with van der Waals surface area (Å²) in [7, 11) is 1.26. The number of nitrogens with zero attached hydrogens (tertiary/aromatic N) is 2. The van der Waals surface area contributed by atoms with Crippen molar-refractivity contribution in [3.05, 3.63) is 64.2 Å². The first-order valence-electron chi connectivity index (χ1n) is 12.3. The lowest BCUT2D eigenvalue weighted by Crippen LogP contribution is -2.51. The van der Waals surface area contributed by atoms with Crippen LogP contribution >= 0.6 is 0 Å². The molecule has 0 aliphatic carbocycles. The van der Waals surface area contributed by atoms with Crippen molar-refractivity contribution >= 4 is 17.8 Å². The number of carbonyl (C=O) groups excluding carboxylic acids is 2. The molecule has 42 heavy (non-hydrogen) atoms. The molecule has 0 bridgehead atoms. The highest BCUT2D eigenvalue weighted by atomic mass is 19.4. The van der Waals surface area contributed by atoms with Crippen molar-refractivity contribution < 1.29 is 58.6 Å². The Bertz CT molecular complexity index is 1280. The number of hydrogen-bond donors (Lipinski definition) is 1. The molecule has 7 nitrogen and oxygen atoms in total. The lowest BCUT2D eigenvalue weighted by atomic mass is 9.88. The Hall–Kier alpha value is -3.69. The lowest BCUT2D eigenvalue weighted by molar-refractivity contribution is -0.143. The molecular weight excluding hydrogens is 589 g/mol.